The zero-order valence-corrected chi connectivity index (χ0v) is 19.3. The Kier molecular flexibility index (Phi) is 7.97. The number of aromatic hydroxyl groups is 2. The summed E-state index contributed by atoms with van der Waals surface area (Å²) in [5.74, 6) is -1.42. The quantitative estimate of drug-likeness (QED) is 0.239. The average molecular weight is 512 g/mol. The molecule has 170 valence electrons. The fourth-order valence-corrected chi connectivity index (χ4v) is 3.45. The van der Waals surface area contributed by atoms with Crippen molar-refractivity contribution >= 4 is 33.9 Å². The van der Waals surface area contributed by atoms with Gasteiger partial charge in [-0.2, -0.15) is 0 Å². The molecule has 0 saturated heterocycles. The third kappa shape index (κ3) is 6.50. The molecule has 3 aromatic carbocycles. The van der Waals surface area contributed by atoms with Crippen molar-refractivity contribution in [1.82, 2.24) is 0 Å². The van der Waals surface area contributed by atoms with Crippen LogP contribution in [0.4, 0.5) is 0 Å². The molecule has 7 nitrogen and oxygen atoms in total. The third-order valence-electron chi connectivity index (χ3n) is 4.85. The van der Waals surface area contributed by atoms with Crippen LogP contribution < -0.4 is 4.74 Å². The summed E-state index contributed by atoms with van der Waals surface area (Å²) in [6, 6.07) is 15.2. The van der Waals surface area contributed by atoms with E-state index in [0.717, 1.165) is 11.1 Å². The molecule has 0 bridgehead atoms. The lowest BCUT2D eigenvalue weighted by molar-refractivity contribution is -0.122. The average Bonchev–Trinajstić information content (AvgIpc) is 2.80. The smallest absolute Gasteiger partial charge is 0.343 e. The van der Waals surface area contributed by atoms with E-state index in [1.54, 1.807) is 42.5 Å². The van der Waals surface area contributed by atoms with E-state index in [-0.39, 0.29) is 29.2 Å². The second kappa shape index (κ2) is 10.9. The van der Waals surface area contributed by atoms with E-state index >= 15 is 0 Å². The van der Waals surface area contributed by atoms with Crippen LogP contribution >= 0.6 is 15.9 Å². The molecule has 0 amide bonds. The number of ketones is 1. The molecule has 0 heterocycles. The van der Waals surface area contributed by atoms with Crippen molar-refractivity contribution < 1.29 is 29.6 Å². The molecule has 0 aromatic heterocycles. The Labute approximate surface area is 199 Å². The number of carbonyl (C=O) groups is 2. The van der Waals surface area contributed by atoms with E-state index in [2.05, 4.69) is 20.9 Å². The lowest BCUT2D eigenvalue weighted by Crippen LogP contribution is -2.24. The Morgan fingerprint density at radius 3 is 2.36 bits per heavy atom. The maximum atomic E-state index is 12.4. The molecule has 0 aliphatic carbocycles. The van der Waals surface area contributed by atoms with Gasteiger partial charge in [0.2, 0.25) is 0 Å². The number of nitrogens with zero attached hydrogens (tertiary/aromatic N) is 1. The van der Waals surface area contributed by atoms with Gasteiger partial charge in [-0.3, -0.25) is 9.79 Å². The van der Waals surface area contributed by atoms with Gasteiger partial charge in [0.05, 0.1) is 5.56 Å². The summed E-state index contributed by atoms with van der Waals surface area (Å²) in [6.07, 6.45) is 1.49. The molecule has 3 N–H and O–H groups in total. The summed E-state index contributed by atoms with van der Waals surface area (Å²) >= 11 is 3.32. The Balaban J connectivity index is 1.84. The highest BCUT2D eigenvalue weighted by Crippen LogP contribution is 2.33. The highest BCUT2D eigenvalue weighted by Gasteiger charge is 2.18. The number of aliphatic hydroxyl groups excluding tert-OH is 1. The van der Waals surface area contributed by atoms with Gasteiger partial charge in [-0.25, -0.2) is 4.79 Å². The number of esters is 1. The lowest BCUT2D eigenvalue weighted by atomic mass is 10.0. The van der Waals surface area contributed by atoms with Crippen LogP contribution in [0.15, 0.2) is 70.1 Å². The van der Waals surface area contributed by atoms with Gasteiger partial charge in [-0.15, -0.1) is 0 Å². The second-order valence-corrected chi connectivity index (χ2v) is 8.30. The number of aliphatic imine (C=N–C) groups is 1. The van der Waals surface area contributed by atoms with Crippen LogP contribution in [-0.2, 0) is 11.2 Å². The number of benzene rings is 3. The Bertz CT molecular complexity index is 1170. The Morgan fingerprint density at radius 1 is 1.06 bits per heavy atom. The van der Waals surface area contributed by atoms with Crippen LogP contribution in [0.5, 0.6) is 17.2 Å². The maximum absolute atomic E-state index is 12.4. The lowest BCUT2D eigenvalue weighted by Gasteiger charge is -2.12. The van der Waals surface area contributed by atoms with Crippen LogP contribution in [0, 0.1) is 6.92 Å². The van der Waals surface area contributed by atoms with Gasteiger partial charge in [0.25, 0.3) is 0 Å². The highest BCUT2D eigenvalue weighted by atomic mass is 79.9. The number of hydrogen-bond donors (Lipinski definition) is 3. The fourth-order valence-electron chi connectivity index (χ4n) is 3.00. The molecule has 0 saturated carbocycles. The first kappa shape index (κ1) is 24.2. The number of hydrogen-bond acceptors (Lipinski definition) is 7. The van der Waals surface area contributed by atoms with E-state index in [1.807, 2.05) is 6.92 Å². The van der Waals surface area contributed by atoms with Crippen LogP contribution in [0.2, 0.25) is 0 Å². The molecular weight excluding hydrogens is 490 g/mol. The fraction of sp³-hybridized carbons (Fsp3) is 0.160. The van der Waals surface area contributed by atoms with E-state index in [4.69, 9.17) is 4.74 Å². The van der Waals surface area contributed by atoms with Gasteiger partial charge in [0, 0.05) is 22.7 Å². The largest absolute Gasteiger partial charge is 0.508 e. The van der Waals surface area contributed by atoms with Gasteiger partial charge >= 0.3 is 5.97 Å². The number of rotatable bonds is 8. The minimum atomic E-state index is -0.906. The van der Waals surface area contributed by atoms with Crippen molar-refractivity contribution in [3.8, 4) is 17.2 Å². The number of halogens is 1. The van der Waals surface area contributed by atoms with Gasteiger partial charge in [-0.1, -0.05) is 45.8 Å². The predicted octanol–water partition coefficient (Wildman–Crippen LogP) is 3.98. The molecule has 3 rings (SSSR count). The maximum Gasteiger partial charge on any atom is 0.343 e. The molecule has 3 aromatic rings. The minimum Gasteiger partial charge on any atom is -0.508 e. The molecule has 33 heavy (non-hydrogen) atoms. The number of phenolic OH excluding ortho intramolecular Hbond substituents is 2. The SMILES string of the molecule is Cc1ccc(C(=O)Oc2cc(Br)cc(C=NC(Cc3ccc(O)cc3)C(=O)CO)c2O)cc1. The van der Waals surface area contributed by atoms with Gasteiger partial charge < -0.3 is 20.1 Å². The van der Waals surface area contributed by atoms with Crippen LogP contribution in [0.25, 0.3) is 0 Å². The summed E-state index contributed by atoms with van der Waals surface area (Å²) in [5, 5.41) is 29.4. The molecule has 0 fully saturated rings. The number of aliphatic hydroxyl groups is 1. The molecule has 0 aliphatic rings. The van der Waals surface area contributed by atoms with Gasteiger partial charge in [0.1, 0.15) is 18.4 Å². The first-order valence-electron chi connectivity index (χ1n) is 10.0. The first-order valence-corrected chi connectivity index (χ1v) is 10.8. The standard InChI is InChI=1S/C25H22BrNO6/c1-15-2-6-17(7-3-15)25(32)33-23-12-19(26)11-18(24(23)31)13-27-21(22(30)14-28)10-16-4-8-20(29)9-5-16/h2-9,11-13,21,28-29,31H,10,14H2,1H3. The second-order valence-electron chi connectivity index (χ2n) is 7.39. The zero-order chi connectivity index (χ0) is 24.0. The van der Waals surface area contributed by atoms with E-state index < -0.39 is 24.4 Å². The minimum absolute atomic E-state index is 0.0695. The summed E-state index contributed by atoms with van der Waals surface area (Å²) in [4.78, 5) is 28.9. The monoisotopic (exact) mass is 511 g/mol. The normalized spacial score (nSPS) is 12.0. The van der Waals surface area contributed by atoms with Crippen molar-refractivity contribution in [2.45, 2.75) is 19.4 Å². The predicted molar refractivity (Wildman–Crippen MR) is 127 cm³/mol. The first-order chi connectivity index (χ1) is 15.8. The number of aryl methyl sites for hydroxylation is 1. The van der Waals surface area contributed by atoms with E-state index in [9.17, 15) is 24.9 Å². The molecule has 0 spiro atoms. The molecule has 0 aliphatic heterocycles. The topological polar surface area (TPSA) is 116 Å². The van der Waals surface area contributed by atoms with Crippen LogP contribution in [-0.4, -0.2) is 45.9 Å². The number of ether oxygens (including phenoxy) is 1. The summed E-state index contributed by atoms with van der Waals surface area (Å²) in [6.45, 7) is 1.21. The summed E-state index contributed by atoms with van der Waals surface area (Å²) < 4.78 is 5.89. The van der Waals surface area contributed by atoms with E-state index in [0.29, 0.717) is 10.0 Å². The van der Waals surface area contributed by atoms with Crippen LogP contribution in [0.1, 0.15) is 27.0 Å². The number of carbonyl (C=O) groups excluding carboxylic acids is 2. The zero-order valence-electron chi connectivity index (χ0n) is 17.7. The van der Waals surface area contributed by atoms with Crippen LogP contribution in [0.3, 0.4) is 0 Å². The molecule has 1 atom stereocenters. The summed E-state index contributed by atoms with van der Waals surface area (Å²) in [7, 11) is 0. The van der Waals surface area contributed by atoms with Crippen molar-refractivity contribution in [1.29, 1.82) is 0 Å². The van der Waals surface area contributed by atoms with Crippen molar-refractivity contribution in [2.24, 2.45) is 4.99 Å². The Hall–Kier alpha value is -3.49. The molecule has 1 unspecified atom stereocenters. The number of phenols is 2. The highest BCUT2D eigenvalue weighted by molar-refractivity contribution is 9.10. The van der Waals surface area contributed by atoms with Crippen molar-refractivity contribution in [3.05, 3.63) is 87.4 Å². The molecule has 0 radical (unpaired) electrons. The van der Waals surface area contributed by atoms with Gasteiger partial charge in [0.15, 0.2) is 17.3 Å². The molecule has 8 heteroatoms. The third-order valence-corrected chi connectivity index (χ3v) is 5.30. The Morgan fingerprint density at radius 2 is 1.73 bits per heavy atom. The summed E-state index contributed by atoms with van der Waals surface area (Å²) in [5.41, 5.74) is 2.28. The van der Waals surface area contributed by atoms with Gasteiger partial charge in [-0.05, 0) is 48.9 Å². The molecular formula is C25H22BrNO6. The number of Topliss-reactive ketones (excluding diaryl/α,β-unsaturated/α-hetero) is 1. The van der Waals surface area contributed by atoms with Crippen molar-refractivity contribution in [3.63, 3.8) is 0 Å². The van der Waals surface area contributed by atoms with Crippen molar-refractivity contribution in [2.75, 3.05) is 6.61 Å². The van der Waals surface area contributed by atoms with E-state index in [1.165, 1.54) is 24.4 Å².